The molecule has 9 heteroatoms. The molecule has 0 bridgehead atoms. The van der Waals surface area contributed by atoms with Crippen molar-refractivity contribution in [3.05, 3.63) is 61.7 Å². The van der Waals surface area contributed by atoms with Crippen LogP contribution >= 0.6 is 39.1 Å². The number of nitrogens with one attached hydrogen (secondary N) is 2. The van der Waals surface area contributed by atoms with Crippen molar-refractivity contribution in [2.45, 2.75) is 6.61 Å². The smallest absolute Gasteiger partial charge is 0.326 e. The highest BCUT2D eigenvalue weighted by atomic mass is 79.9. The highest BCUT2D eigenvalue weighted by Gasteiger charge is 2.23. The van der Waals surface area contributed by atoms with Crippen LogP contribution in [0.4, 0.5) is 4.79 Å². The summed E-state index contributed by atoms with van der Waals surface area (Å²) in [7, 11) is 1.51. The predicted octanol–water partition coefficient (Wildman–Crippen LogP) is 4.52. The summed E-state index contributed by atoms with van der Waals surface area (Å²) in [6.07, 6.45) is 1.54. The summed E-state index contributed by atoms with van der Waals surface area (Å²) in [4.78, 5) is 22.9. The molecule has 0 radical (unpaired) electrons. The highest BCUT2D eigenvalue weighted by molar-refractivity contribution is 9.10. The van der Waals surface area contributed by atoms with E-state index in [9.17, 15) is 9.59 Å². The summed E-state index contributed by atoms with van der Waals surface area (Å²) in [5.41, 5.74) is 1.64. The Morgan fingerprint density at radius 2 is 1.89 bits per heavy atom. The van der Waals surface area contributed by atoms with Crippen LogP contribution < -0.4 is 20.1 Å². The number of halogens is 3. The Balaban J connectivity index is 1.84. The summed E-state index contributed by atoms with van der Waals surface area (Å²) in [5.74, 6) is 0.460. The molecule has 140 valence electrons. The fourth-order valence-electron chi connectivity index (χ4n) is 2.40. The van der Waals surface area contributed by atoms with E-state index < -0.39 is 11.9 Å². The highest BCUT2D eigenvalue weighted by Crippen LogP contribution is 2.38. The zero-order valence-corrected chi connectivity index (χ0v) is 17.0. The number of hydrogen-bond acceptors (Lipinski definition) is 4. The summed E-state index contributed by atoms with van der Waals surface area (Å²) < 4.78 is 11.9. The van der Waals surface area contributed by atoms with Crippen molar-refractivity contribution in [1.29, 1.82) is 0 Å². The Bertz CT molecular complexity index is 963. The van der Waals surface area contributed by atoms with Gasteiger partial charge < -0.3 is 14.8 Å². The Hall–Kier alpha value is -2.22. The first-order chi connectivity index (χ1) is 12.9. The number of rotatable bonds is 5. The van der Waals surface area contributed by atoms with Gasteiger partial charge in [0.25, 0.3) is 5.91 Å². The Morgan fingerprint density at radius 1 is 1.11 bits per heavy atom. The quantitative estimate of drug-likeness (QED) is 0.496. The molecule has 1 saturated heterocycles. The number of urea groups is 1. The first-order valence-electron chi connectivity index (χ1n) is 7.65. The Morgan fingerprint density at radius 3 is 2.52 bits per heavy atom. The fraction of sp³-hybridized carbons (Fsp3) is 0.111. The average molecular weight is 472 g/mol. The number of imide groups is 1. The molecule has 0 aromatic heterocycles. The molecule has 3 rings (SSSR count). The lowest BCUT2D eigenvalue weighted by Crippen LogP contribution is -2.22. The van der Waals surface area contributed by atoms with Crippen molar-refractivity contribution < 1.29 is 19.1 Å². The zero-order valence-electron chi connectivity index (χ0n) is 13.9. The molecule has 1 heterocycles. The molecule has 0 atom stereocenters. The van der Waals surface area contributed by atoms with Crippen molar-refractivity contribution in [1.82, 2.24) is 10.6 Å². The van der Waals surface area contributed by atoms with Crippen LogP contribution in [-0.2, 0) is 11.4 Å². The van der Waals surface area contributed by atoms with Crippen LogP contribution in [0.1, 0.15) is 11.1 Å². The molecule has 0 saturated carbocycles. The van der Waals surface area contributed by atoms with E-state index in [0.717, 1.165) is 5.56 Å². The van der Waals surface area contributed by atoms with Crippen LogP contribution in [0, 0.1) is 0 Å². The minimum absolute atomic E-state index is 0.151. The summed E-state index contributed by atoms with van der Waals surface area (Å²) in [5, 5.41) is 5.49. The first-order valence-corrected chi connectivity index (χ1v) is 9.20. The normalized spacial score (nSPS) is 14.9. The third-order valence-electron chi connectivity index (χ3n) is 3.65. The van der Waals surface area contributed by atoms with E-state index in [1.165, 1.54) is 13.2 Å². The van der Waals surface area contributed by atoms with E-state index in [4.69, 9.17) is 32.7 Å². The second-order valence-corrected chi connectivity index (χ2v) is 7.21. The molecule has 0 aliphatic carbocycles. The second-order valence-electron chi connectivity index (χ2n) is 5.54. The van der Waals surface area contributed by atoms with Crippen LogP contribution in [-0.4, -0.2) is 19.0 Å². The topological polar surface area (TPSA) is 76.7 Å². The van der Waals surface area contributed by atoms with Crippen molar-refractivity contribution in [2.75, 3.05) is 7.11 Å². The van der Waals surface area contributed by atoms with Crippen molar-refractivity contribution >= 4 is 57.1 Å². The molecule has 1 fully saturated rings. The van der Waals surface area contributed by atoms with Gasteiger partial charge in [-0.05, 0) is 57.4 Å². The minimum atomic E-state index is -0.557. The van der Waals surface area contributed by atoms with E-state index >= 15 is 0 Å². The van der Waals surface area contributed by atoms with Crippen LogP contribution in [0.15, 0.2) is 40.5 Å². The van der Waals surface area contributed by atoms with Gasteiger partial charge in [0.05, 0.1) is 21.6 Å². The number of methoxy groups -OCH3 is 1. The largest absolute Gasteiger partial charge is 0.493 e. The van der Waals surface area contributed by atoms with Gasteiger partial charge in [-0.1, -0.05) is 29.3 Å². The van der Waals surface area contributed by atoms with Crippen molar-refractivity contribution in [3.8, 4) is 11.5 Å². The molecule has 1 aliphatic heterocycles. The van der Waals surface area contributed by atoms with E-state index in [-0.39, 0.29) is 12.3 Å². The maximum absolute atomic E-state index is 11.7. The molecule has 1 aliphatic rings. The molecule has 2 aromatic carbocycles. The van der Waals surface area contributed by atoms with Crippen LogP contribution in [0.2, 0.25) is 10.0 Å². The standard InChI is InChI=1S/C18H13BrCl2N2O4/c1-26-15-7-10(6-14-17(24)23-18(25)22-14)4-11(19)16(15)27-8-9-2-3-12(20)13(21)5-9/h2-7H,8H2,1H3,(H2,22,23,24,25)/b14-6-. The first kappa shape index (κ1) is 19.5. The lowest BCUT2D eigenvalue weighted by Gasteiger charge is -2.14. The lowest BCUT2D eigenvalue weighted by molar-refractivity contribution is -0.115. The van der Waals surface area contributed by atoms with E-state index in [0.29, 0.717) is 31.6 Å². The van der Waals surface area contributed by atoms with Gasteiger partial charge in [-0.2, -0.15) is 0 Å². The third-order valence-corrected chi connectivity index (χ3v) is 4.98. The molecule has 2 N–H and O–H groups in total. The molecule has 3 amide bonds. The second kappa shape index (κ2) is 8.21. The Kier molecular flexibility index (Phi) is 5.94. The minimum Gasteiger partial charge on any atom is -0.493 e. The van der Waals surface area contributed by atoms with E-state index in [1.807, 2.05) is 6.07 Å². The molecule has 0 unspecified atom stereocenters. The summed E-state index contributed by atoms with van der Waals surface area (Å²) in [6, 6.07) is 8.13. The van der Waals surface area contributed by atoms with Gasteiger partial charge >= 0.3 is 6.03 Å². The third kappa shape index (κ3) is 4.55. The van der Waals surface area contributed by atoms with Gasteiger partial charge in [0.15, 0.2) is 11.5 Å². The lowest BCUT2D eigenvalue weighted by atomic mass is 10.1. The van der Waals surface area contributed by atoms with Crippen LogP contribution in [0.25, 0.3) is 6.08 Å². The number of carbonyl (C=O) groups excluding carboxylic acids is 2. The summed E-state index contributed by atoms with van der Waals surface area (Å²) in [6.45, 7) is 0.255. The molecular formula is C18H13BrCl2N2O4. The summed E-state index contributed by atoms with van der Waals surface area (Å²) >= 11 is 15.4. The number of benzene rings is 2. The molecule has 27 heavy (non-hydrogen) atoms. The van der Waals surface area contributed by atoms with Crippen LogP contribution in [0.5, 0.6) is 11.5 Å². The van der Waals surface area contributed by atoms with Crippen molar-refractivity contribution in [2.24, 2.45) is 0 Å². The fourth-order valence-corrected chi connectivity index (χ4v) is 3.29. The maximum Gasteiger partial charge on any atom is 0.326 e. The molecule has 2 aromatic rings. The number of hydrogen-bond donors (Lipinski definition) is 2. The van der Waals surface area contributed by atoms with Gasteiger partial charge in [0, 0.05) is 0 Å². The molecule has 6 nitrogen and oxygen atoms in total. The van der Waals surface area contributed by atoms with Crippen molar-refractivity contribution in [3.63, 3.8) is 0 Å². The van der Waals surface area contributed by atoms with Gasteiger partial charge in [0.1, 0.15) is 12.3 Å². The molecule has 0 spiro atoms. The monoisotopic (exact) mass is 470 g/mol. The zero-order chi connectivity index (χ0) is 19.6. The average Bonchev–Trinajstić information content (AvgIpc) is 2.93. The van der Waals surface area contributed by atoms with Crippen LogP contribution in [0.3, 0.4) is 0 Å². The van der Waals surface area contributed by atoms with Gasteiger partial charge in [-0.15, -0.1) is 0 Å². The van der Waals surface area contributed by atoms with Gasteiger partial charge in [0.2, 0.25) is 0 Å². The maximum atomic E-state index is 11.7. The number of ether oxygens (including phenoxy) is 2. The van der Waals surface area contributed by atoms with E-state index in [1.54, 1.807) is 24.3 Å². The van der Waals surface area contributed by atoms with Gasteiger partial charge in [-0.25, -0.2) is 4.79 Å². The SMILES string of the molecule is COc1cc(/C=C2\NC(=O)NC2=O)cc(Br)c1OCc1ccc(Cl)c(Cl)c1. The van der Waals surface area contributed by atoms with Gasteiger partial charge in [-0.3, -0.25) is 10.1 Å². The number of carbonyl (C=O) groups is 2. The Labute approximate surface area is 173 Å². The van der Waals surface area contributed by atoms with E-state index in [2.05, 4.69) is 26.6 Å². The predicted molar refractivity (Wildman–Crippen MR) is 106 cm³/mol. The number of amides is 3. The molecular weight excluding hydrogens is 459 g/mol.